The Bertz CT molecular complexity index is 683. The van der Waals surface area contributed by atoms with E-state index in [-0.39, 0.29) is 5.66 Å². The maximum Gasteiger partial charge on any atom is 0.127 e. The molecule has 0 aliphatic carbocycles. The number of hydrogen-bond donors (Lipinski definition) is 1. The van der Waals surface area contributed by atoms with Crippen LogP contribution in [0.2, 0.25) is 0 Å². The molecule has 2 heterocycles. The Morgan fingerprint density at radius 1 is 1.05 bits per heavy atom. The van der Waals surface area contributed by atoms with Crippen molar-refractivity contribution in [2.45, 2.75) is 18.6 Å². The normalized spacial score (nSPS) is 27.4. The van der Waals surface area contributed by atoms with Gasteiger partial charge >= 0.3 is 0 Å². The highest BCUT2D eigenvalue weighted by Gasteiger charge is 2.47. The predicted molar refractivity (Wildman–Crippen MR) is 94.3 cm³/mol. The van der Waals surface area contributed by atoms with E-state index in [9.17, 15) is 0 Å². The molecule has 0 spiro atoms. The van der Waals surface area contributed by atoms with E-state index in [0.29, 0.717) is 6.04 Å². The van der Waals surface area contributed by atoms with Crippen LogP contribution in [0.4, 0.5) is 0 Å². The van der Waals surface area contributed by atoms with Crippen molar-refractivity contribution in [2.75, 3.05) is 12.3 Å². The van der Waals surface area contributed by atoms with Crippen LogP contribution < -0.4 is 5.32 Å². The van der Waals surface area contributed by atoms with E-state index in [4.69, 9.17) is 0 Å². The van der Waals surface area contributed by atoms with Crippen molar-refractivity contribution >= 4 is 17.5 Å². The molecular weight excluding hydrogens is 288 g/mol. The van der Waals surface area contributed by atoms with E-state index in [2.05, 4.69) is 83.2 Å². The molecule has 2 aromatic rings. The van der Waals surface area contributed by atoms with Crippen LogP contribution >= 0.6 is 11.8 Å². The number of nitrogens with one attached hydrogen (secondary N) is 1. The molecule has 2 atom stereocenters. The molecule has 4 rings (SSSR count). The van der Waals surface area contributed by atoms with Gasteiger partial charge in [-0.15, -0.1) is 11.8 Å². The van der Waals surface area contributed by atoms with Crippen LogP contribution in [-0.4, -0.2) is 23.2 Å². The van der Waals surface area contributed by atoms with Gasteiger partial charge in [0.25, 0.3) is 0 Å². The first-order chi connectivity index (χ1) is 10.8. The number of hydrogen-bond acceptors (Lipinski definition) is 3. The lowest BCUT2D eigenvalue weighted by atomic mass is 9.98. The molecule has 0 amide bonds. The minimum Gasteiger partial charge on any atom is -0.346 e. The van der Waals surface area contributed by atoms with Crippen LogP contribution in [0, 0.1) is 0 Å². The third kappa shape index (κ3) is 2.16. The molecule has 22 heavy (non-hydrogen) atoms. The van der Waals surface area contributed by atoms with Crippen LogP contribution in [0.3, 0.4) is 0 Å². The van der Waals surface area contributed by atoms with E-state index < -0.39 is 0 Å². The Morgan fingerprint density at radius 3 is 2.45 bits per heavy atom. The average molecular weight is 308 g/mol. The van der Waals surface area contributed by atoms with Crippen LogP contribution in [0.5, 0.6) is 0 Å². The van der Waals surface area contributed by atoms with E-state index in [0.717, 1.165) is 12.3 Å². The Morgan fingerprint density at radius 2 is 1.73 bits per heavy atom. The number of nitrogens with zero attached hydrogens (tertiary/aromatic N) is 1. The summed E-state index contributed by atoms with van der Waals surface area (Å²) >= 11 is 1.90. The highest BCUT2D eigenvalue weighted by atomic mass is 32.2. The molecule has 2 aliphatic heterocycles. The molecule has 0 radical (unpaired) electrons. The van der Waals surface area contributed by atoms with Crippen LogP contribution in [0.1, 0.15) is 18.1 Å². The fourth-order valence-electron chi connectivity index (χ4n) is 3.56. The second-order valence-corrected chi connectivity index (χ2v) is 6.92. The second-order valence-electron chi connectivity index (χ2n) is 6.06. The standard InChI is InChI=1S/C19H20N2S/c1-15-12-21-18(16-8-4-2-5-9-16)13-22-14-19(21,20-15)17-10-6-3-7-11-17/h2-11,13,15,20H,12,14H2,1H3. The number of benzene rings is 2. The Labute approximate surface area is 136 Å². The third-order valence-corrected chi connectivity index (χ3v) is 5.48. The van der Waals surface area contributed by atoms with Gasteiger partial charge in [-0.3, -0.25) is 5.32 Å². The van der Waals surface area contributed by atoms with Gasteiger partial charge in [0, 0.05) is 18.3 Å². The summed E-state index contributed by atoms with van der Waals surface area (Å²) in [5, 5.41) is 6.17. The van der Waals surface area contributed by atoms with E-state index >= 15 is 0 Å². The molecule has 0 aromatic heterocycles. The van der Waals surface area contributed by atoms with Gasteiger partial charge in [-0.25, -0.2) is 0 Å². The molecule has 2 unspecified atom stereocenters. The summed E-state index contributed by atoms with van der Waals surface area (Å²) < 4.78 is 0. The summed E-state index contributed by atoms with van der Waals surface area (Å²) in [6.45, 7) is 3.31. The zero-order chi connectivity index (χ0) is 15.0. The van der Waals surface area contributed by atoms with Crippen LogP contribution in [0.25, 0.3) is 5.70 Å². The number of fused-ring (bicyclic) bond motifs is 1. The first-order valence-corrected chi connectivity index (χ1v) is 8.82. The highest BCUT2D eigenvalue weighted by Crippen LogP contribution is 2.44. The van der Waals surface area contributed by atoms with E-state index in [1.165, 1.54) is 16.8 Å². The lowest BCUT2D eigenvalue weighted by molar-refractivity contribution is 0.220. The van der Waals surface area contributed by atoms with Crippen molar-refractivity contribution < 1.29 is 0 Å². The van der Waals surface area contributed by atoms with Gasteiger partial charge in [-0.05, 0) is 23.5 Å². The largest absolute Gasteiger partial charge is 0.346 e. The molecule has 2 aliphatic rings. The summed E-state index contributed by atoms with van der Waals surface area (Å²) in [7, 11) is 0. The number of thioether (sulfide) groups is 1. The zero-order valence-corrected chi connectivity index (χ0v) is 13.5. The lowest BCUT2D eigenvalue weighted by Gasteiger charge is -2.44. The summed E-state index contributed by atoms with van der Waals surface area (Å²) in [5.41, 5.74) is 3.89. The Kier molecular flexibility index (Phi) is 3.47. The maximum absolute atomic E-state index is 3.85. The van der Waals surface area contributed by atoms with Crippen LogP contribution in [0.15, 0.2) is 66.1 Å². The van der Waals surface area contributed by atoms with Crippen LogP contribution in [-0.2, 0) is 5.66 Å². The van der Waals surface area contributed by atoms with Gasteiger partial charge < -0.3 is 4.90 Å². The van der Waals surface area contributed by atoms with Crippen molar-refractivity contribution in [1.82, 2.24) is 10.2 Å². The molecule has 1 saturated heterocycles. The van der Waals surface area contributed by atoms with Gasteiger partial charge in [0.05, 0.1) is 5.70 Å². The summed E-state index contributed by atoms with van der Waals surface area (Å²) in [6, 6.07) is 22.1. The summed E-state index contributed by atoms with van der Waals surface area (Å²) in [5.74, 6) is 1.04. The van der Waals surface area contributed by atoms with Gasteiger partial charge in [-0.1, -0.05) is 60.7 Å². The van der Waals surface area contributed by atoms with Crippen molar-refractivity contribution in [1.29, 1.82) is 0 Å². The van der Waals surface area contributed by atoms with Crippen molar-refractivity contribution in [3.8, 4) is 0 Å². The van der Waals surface area contributed by atoms with Gasteiger partial charge in [0.1, 0.15) is 5.66 Å². The predicted octanol–water partition coefficient (Wildman–Crippen LogP) is 3.88. The molecule has 2 aromatic carbocycles. The lowest BCUT2D eigenvalue weighted by Crippen LogP contribution is -2.51. The molecule has 0 saturated carbocycles. The van der Waals surface area contributed by atoms with Crippen molar-refractivity contribution in [2.24, 2.45) is 0 Å². The smallest absolute Gasteiger partial charge is 0.127 e. The molecule has 112 valence electrons. The number of rotatable bonds is 2. The molecule has 0 bridgehead atoms. The maximum atomic E-state index is 3.85. The zero-order valence-electron chi connectivity index (χ0n) is 12.7. The Hall–Kier alpha value is -1.71. The first-order valence-electron chi connectivity index (χ1n) is 7.78. The SMILES string of the molecule is CC1CN2C(c3ccccc3)=CSCC2(c2ccccc2)N1. The quantitative estimate of drug-likeness (QED) is 0.906. The van der Waals surface area contributed by atoms with Gasteiger partial charge in [0.2, 0.25) is 0 Å². The van der Waals surface area contributed by atoms with E-state index in [1.54, 1.807) is 0 Å². The molecular formula is C19H20N2S. The topological polar surface area (TPSA) is 15.3 Å². The first kappa shape index (κ1) is 13.9. The van der Waals surface area contributed by atoms with Crippen molar-refractivity contribution in [3.05, 3.63) is 77.2 Å². The summed E-state index contributed by atoms with van der Waals surface area (Å²) in [4.78, 5) is 2.55. The van der Waals surface area contributed by atoms with Crippen molar-refractivity contribution in [3.63, 3.8) is 0 Å². The minimum absolute atomic E-state index is 0.0920. The monoisotopic (exact) mass is 308 g/mol. The van der Waals surface area contributed by atoms with Gasteiger partial charge in [-0.2, -0.15) is 0 Å². The molecule has 1 N–H and O–H groups in total. The molecule has 2 nitrogen and oxygen atoms in total. The summed E-state index contributed by atoms with van der Waals surface area (Å²) in [6.07, 6.45) is 0. The van der Waals surface area contributed by atoms with Gasteiger partial charge in [0.15, 0.2) is 0 Å². The highest BCUT2D eigenvalue weighted by molar-refractivity contribution is 8.02. The minimum atomic E-state index is -0.0920. The third-order valence-electron chi connectivity index (χ3n) is 4.50. The second kappa shape index (κ2) is 5.49. The Balaban J connectivity index is 1.81. The average Bonchev–Trinajstić information content (AvgIpc) is 2.93. The molecule has 3 heteroatoms. The molecule has 1 fully saturated rings. The van der Waals surface area contributed by atoms with E-state index in [1.807, 2.05) is 11.8 Å². The fraction of sp³-hybridized carbons (Fsp3) is 0.263. The fourth-order valence-corrected chi connectivity index (χ4v) is 4.71.